The minimum atomic E-state index is -0.937. The molecule has 1 atom stereocenters. The Kier molecular flexibility index (Phi) is 3.33. The van der Waals surface area contributed by atoms with Crippen molar-refractivity contribution in [3.63, 3.8) is 0 Å². The molecule has 1 aromatic rings. The molecule has 0 spiro atoms. The van der Waals surface area contributed by atoms with Crippen LogP contribution in [0, 0.1) is 11.6 Å². The van der Waals surface area contributed by atoms with Gasteiger partial charge in [0.2, 0.25) is 0 Å². The molecule has 0 aromatic heterocycles. The maximum atomic E-state index is 12.7. The highest BCUT2D eigenvalue weighted by Gasteiger charge is 2.09. The number of halogens is 2. The number of hydrogen-bond donors (Lipinski definition) is 2. The predicted octanol–water partition coefficient (Wildman–Crippen LogP) is 1.22. The normalized spacial score (nSPS) is 12.9. The van der Waals surface area contributed by atoms with Crippen LogP contribution >= 0.6 is 0 Å². The van der Waals surface area contributed by atoms with Gasteiger partial charge in [0.05, 0.1) is 6.10 Å². The Balaban J connectivity index is 2.84. The lowest BCUT2D eigenvalue weighted by Crippen LogP contribution is -2.16. The van der Waals surface area contributed by atoms with E-state index in [9.17, 15) is 13.9 Å². The lowest BCUT2D eigenvalue weighted by atomic mass is 10.1. The van der Waals surface area contributed by atoms with E-state index in [0.29, 0.717) is 12.1 Å². The summed E-state index contributed by atoms with van der Waals surface area (Å²) in [5, 5.41) is 12.1. The highest BCUT2D eigenvalue weighted by molar-refractivity contribution is 5.20. The molecule has 0 radical (unpaired) electrons. The van der Waals surface area contributed by atoms with Crippen LogP contribution < -0.4 is 5.32 Å². The van der Waals surface area contributed by atoms with Gasteiger partial charge < -0.3 is 10.4 Å². The summed E-state index contributed by atoms with van der Waals surface area (Å²) in [7, 11) is 1.67. The second kappa shape index (κ2) is 4.30. The summed E-state index contributed by atoms with van der Waals surface area (Å²) in [5.74, 6) is -1.84. The van der Waals surface area contributed by atoms with Crippen LogP contribution in [0.25, 0.3) is 0 Å². The van der Waals surface area contributed by atoms with Gasteiger partial charge in [-0.25, -0.2) is 8.78 Å². The van der Waals surface area contributed by atoms with Gasteiger partial charge in [0.15, 0.2) is 11.6 Å². The average molecular weight is 187 g/mol. The standard InChI is InChI=1S/C9H11F2NO/c1-12-5-9(13)6-2-3-7(10)8(11)4-6/h2-4,9,12-13H,5H2,1H3/t9-/m1/s1. The topological polar surface area (TPSA) is 32.3 Å². The van der Waals surface area contributed by atoms with E-state index in [2.05, 4.69) is 5.32 Å². The van der Waals surface area contributed by atoms with E-state index in [1.165, 1.54) is 6.07 Å². The molecular weight excluding hydrogens is 176 g/mol. The smallest absolute Gasteiger partial charge is 0.159 e. The summed E-state index contributed by atoms with van der Waals surface area (Å²) >= 11 is 0. The summed E-state index contributed by atoms with van der Waals surface area (Å²) < 4.78 is 25.1. The van der Waals surface area contributed by atoms with Gasteiger partial charge in [-0.15, -0.1) is 0 Å². The third kappa shape index (κ3) is 2.47. The van der Waals surface area contributed by atoms with E-state index in [0.717, 1.165) is 12.1 Å². The van der Waals surface area contributed by atoms with Crippen molar-refractivity contribution in [2.24, 2.45) is 0 Å². The van der Waals surface area contributed by atoms with E-state index in [1.54, 1.807) is 7.05 Å². The molecule has 0 fully saturated rings. The van der Waals surface area contributed by atoms with Crippen molar-refractivity contribution >= 4 is 0 Å². The minimum Gasteiger partial charge on any atom is -0.387 e. The first kappa shape index (κ1) is 10.1. The van der Waals surface area contributed by atoms with Crippen LogP contribution in [-0.2, 0) is 0 Å². The second-order valence-electron chi connectivity index (χ2n) is 2.75. The Bertz CT molecular complexity index is 291. The summed E-state index contributed by atoms with van der Waals surface area (Å²) in [6.07, 6.45) is -0.805. The average Bonchev–Trinajstić information content (AvgIpc) is 2.10. The van der Waals surface area contributed by atoms with Crippen molar-refractivity contribution in [1.82, 2.24) is 5.32 Å². The molecule has 0 unspecified atom stereocenters. The quantitative estimate of drug-likeness (QED) is 0.745. The van der Waals surface area contributed by atoms with E-state index >= 15 is 0 Å². The van der Waals surface area contributed by atoms with Gasteiger partial charge in [-0.3, -0.25) is 0 Å². The zero-order chi connectivity index (χ0) is 9.84. The minimum absolute atomic E-state index is 0.311. The van der Waals surface area contributed by atoms with E-state index < -0.39 is 17.7 Å². The van der Waals surface area contributed by atoms with Crippen LogP contribution in [0.15, 0.2) is 18.2 Å². The first-order chi connectivity index (χ1) is 6.15. The molecule has 0 aliphatic carbocycles. The molecule has 0 saturated carbocycles. The molecule has 72 valence electrons. The van der Waals surface area contributed by atoms with Gasteiger partial charge in [-0.1, -0.05) is 6.07 Å². The number of nitrogens with one attached hydrogen (secondary N) is 1. The second-order valence-corrected chi connectivity index (χ2v) is 2.75. The molecule has 1 aromatic carbocycles. The lowest BCUT2D eigenvalue weighted by molar-refractivity contribution is 0.177. The summed E-state index contributed by atoms with van der Waals surface area (Å²) in [4.78, 5) is 0. The Labute approximate surface area is 75.2 Å². The van der Waals surface area contributed by atoms with Crippen molar-refractivity contribution in [1.29, 1.82) is 0 Å². The number of rotatable bonds is 3. The molecule has 0 aliphatic heterocycles. The molecule has 0 saturated heterocycles. The fourth-order valence-corrected chi connectivity index (χ4v) is 1.03. The van der Waals surface area contributed by atoms with Crippen LogP contribution in [0.4, 0.5) is 8.78 Å². The fourth-order valence-electron chi connectivity index (χ4n) is 1.03. The number of likely N-dealkylation sites (N-methyl/N-ethyl adjacent to an activating group) is 1. The van der Waals surface area contributed by atoms with Crippen molar-refractivity contribution < 1.29 is 13.9 Å². The molecule has 4 heteroatoms. The van der Waals surface area contributed by atoms with Crippen molar-refractivity contribution in [2.75, 3.05) is 13.6 Å². The molecule has 2 N–H and O–H groups in total. The molecule has 2 nitrogen and oxygen atoms in total. The Morgan fingerprint density at radius 3 is 2.62 bits per heavy atom. The molecule has 0 heterocycles. The summed E-state index contributed by atoms with van der Waals surface area (Å²) in [6, 6.07) is 3.36. The Morgan fingerprint density at radius 2 is 2.08 bits per heavy atom. The zero-order valence-electron chi connectivity index (χ0n) is 7.22. The molecule has 13 heavy (non-hydrogen) atoms. The molecule has 0 amide bonds. The summed E-state index contributed by atoms with van der Waals surface area (Å²) in [6.45, 7) is 0.311. The van der Waals surface area contributed by atoms with Gasteiger partial charge in [0, 0.05) is 6.54 Å². The third-order valence-electron chi connectivity index (χ3n) is 1.73. The van der Waals surface area contributed by atoms with Crippen molar-refractivity contribution in [2.45, 2.75) is 6.10 Å². The maximum Gasteiger partial charge on any atom is 0.159 e. The zero-order valence-corrected chi connectivity index (χ0v) is 7.22. The monoisotopic (exact) mass is 187 g/mol. The van der Waals surface area contributed by atoms with Crippen molar-refractivity contribution in [3.05, 3.63) is 35.4 Å². The summed E-state index contributed by atoms with van der Waals surface area (Å²) in [5.41, 5.74) is 0.369. The van der Waals surface area contributed by atoms with Gasteiger partial charge >= 0.3 is 0 Å². The van der Waals surface area contributed by atoms with Crippen LogP contribution in [0.3, 0.4) is 0 Å². The molecular formula is C9H11F2NO. The molecule has 0 bridgehead atoms. The Morgan fingerprint density at radius 1 is 1.38 bits per heavy atom. The third-order valence-corrected chi connectivity index (χ3v) is 1.73. The first-order valence-electron chi connectivity index (χ1n) is 3.92. The molecule has 0 aliphatic rings. The fraction of sp³-hybridized carbons (Fsp3) is 0.333. The van der Waals surface area contributed by atoms with E-state index in [4.69, 9.17) is 0 Å². The van der Waals surface area contributed by atoms with Crippen LogP contribution in [0.1, 0.15) is 11.7 Å². The van der Waals surface area contributed by atoms with Crippen LogP contribution in [0.2, 0.25) is 0 Å². The van der Waals surface area contributed by atoms with Crippen LogP contribution in [0.5, 0.6) is 0 Å². The van der Waals surface area contributed by atoms with Gasteiger partial charge in [-0.2, -0.15) is 0 Å². The number of benzene rings is 1. The van der Waals surface area contributed by atoms with Gasteiger partial charge in [0.25, 0.3) is 0 Å². The highest BCUT2D eigenvalue weighted by Crippen LogP contribution is 2.15. The highest BCUT2D eigenvalue weighted by atomic mass is 19.2. The van der Waals surface area contributed by atoms with Gasteiger partial charge in [0.1, 0.15) is 0 Å². The maximum absolute atomic E-state index is 12.7. The molecule has 1 rings (SSSR count). The first-order valence-corrected chi connectivity index (χ1v) is 3.92. The largest absolute Gasteiger partial charge is 0.387 e. The van der Waals surface area contributed by atoms with Gasteiger partial charge in [-0.05, 0) is 24.7 Å². The predicted molar refractivity (Wildman–Crippen MR) is 45.2 cm³/mol. The van der Waals surface area contributed by atoms with E-state index in [1.807, 2.05) is 0 Å². The lowest BCUT2D eigenvalue weighted by Gasteiger charge is -2.09. The number of aliphatic hydroxyl groups excluding tert-OH is 1. The number of hydrogen-bond acceptors (Lipinski definition) is 2. The van der Waals surface area contributed by atoms with Crippen LogP contribution in [-0.4, -0.2) is 18.7 Å². The number of aliphatic hydroxyl groups is 1. The SMILES string of the molecule is CNC[C@@H](O)c1ccc(F)c(F)c1. The Hall–Kier alpha value is -1.00. The van der Waals surface area contributed by atoms with E-state index in [-0.39, 0.29) is 0 Å². The van der Waals surface area contributed by atoms with Crippen molar-refractivity contribution in [3.8, 4) is 0 Å².